The van der Waals surface area contributed by atoms with Crippen molar-refractivity contribution in [3.63, 3.8) is 0 Å². The van der Waals surface area contributed by atoms with Gasteiger partial charge in [0.2, 0.25) is 5.91 Å². The normalized spacial score (nSPS) is 19.8. The van der Waals surface area contributed by atoms with Crippen LogP contribution in [0.15, 0.2) is 35.4 Å². The van der Waals surface area contributed by atoms with Crippen molar-refractivity contribution in [2.45, 2.75) is 23.5 Å². The molecule has 0 radical (unpaired) electrons. The van der Waals surface area contributed by atoms with Crippen LogP contribution in [0.1, 0.15) is 24.2 Å². The van der Waals surface area contributed by atoms with E-state index in [1.807, 2.05) is 0 Å². The van der Waals surface area contributed by atoms with Crippen LogP contribution in [-0.2, 0) is 9.84 Å². The van der Waals surface area contributed by atoms with Gasteiger partial charge < -0.3 is 10.5 Å². The maximum absolute atomic E-state index is 12.4. The van der Waals surface area contributed by atoms with E-state index in [0.29, 0.717) is 0 Å². The molecule has 1 aliphatic rings. The minimum absolute atomic E-state index is 0.0313. The number of hydrogen-bond acceptors (Lipinski definition) is 4. The molecule has 1 heterocycles. The molecule has 1 aromatic rings. The van der Waals surface area contributed by atoms with Crippen LogP contribution < -0.4 is 10.5 Å². The summed E-state index contributed by atoms with van der Waals surface area (Å²) in [5, 5.41) is 0. The number of nitrogens with two attached hydrogens (primary N) is 1. The number of sulfone groups is 1. The minimum atomic E-state index is -3.66. The number of benzene rings is 1. The molecule has 0 atom stereocenters. The van der Waals surface area contributed by atoms with Crippen molar-refractivity contribution in [2.24, 2.45) is 5.73 Å². The lowest BCUT2D eigenvalue weighted by atomic mass is 10.1. The van der Waals surface area contributed by atoms with Crippen LogP contribution in [0, 0.1) is 0 Å². The van der Waals surface area contributed by atoms with Gasteiger partial charge in [-0.2, -0.15) is 0 Å². The molecule has 0 aromatic heterocycles. The molecule has 2 rings (SSSR count). The lowest BCUT2D eigenvalue weighted by Crippen LogP contribution is -2.39. The monoisotopic (exact) mass is 267 g/mol. The molecule has 0 aliphatic carbocycles. The Hall–Kier alpha value is -1.82. The Bertz CT molecular complexity index is 659. The van der Waals surface area contributed by atoms with Crippen molar-refractivity contribution < 1.29 is 17.9 Å². The zero-order valence-corrected chi connectivity index (χ0v) is 10.9. The van der Waals surface area contributed by atoms with Crippen LogP contribution in [0.2, 0.25) is 0 Å². The summed E-state index contributed by atoms with van der Waals surface area (Å²) in [7, 11) is -3.66. The molecule has 0 saturated carbocycles. The third-order valence-electron chi connectivity index (χ3n) is 3.09. The summed E-state index contributed by atoms with van der Waals surface area (Å²) in [5.74, 6) is -0.360. The first-order valence-corrected chi connectivity index (χ1v) is 6.72. The average molecular weight is 267 g/mol. The van der Waals surface area contributed by atoms with Crippen LogP contribution in [-0.4, -0.2) is 19.1 Å². The first kappa shape index (κ1) is 12.6. The van der Waals surface area contributed by atoms with E-state index in [1.54, 1.807) is 0 Å². The summed E-state index contributed by atoms with van der Waals surface area (Å²) >= 11 is 0. The summed E-state index contributed by atoms with van der Waals surface area (Å²) in [5.41, 5.74) is 5.27. The van der Waals surface area contributed by atoms with Gasteiger partial charge in [0, 0.05) is 5.56 Å². The van der Waals surface area contributed by atoms with E-state index in [2.05, 4.69) is 6.58 Å². The van der Waals surface area contributed by atoms with Gasteiger partial charge in [-0.1, -0.05) is 6.58 Å². The highest BCUT2D eigenvalue weighted by Crippen LogP contribution is 2.42. The Balaban J connectivity index is 2.76. The van der Waals surface area contributed by atoms with Gasteiger partial charge in [0.15, 0.2) is 9.84 Å². The van der Waals surface area contributed by atoms with Gasteiger partial charge >= 0.3 is 0 Å². The molecule has 0 fully saturated rings. The summed E-state index contributed by atoms with van der Waals surface area (Å²) in [6.45, 7) is 6.63. The van der Waals surface area contributed by atoms with Crippen LogP contribution in [0.25, 0.3) is 0 Å². The lowest BCUT2D eigenvalue weighted by molar-refractivity contribution is 0.1000. The van der Waals surface area contributed by atoms with Gasteiger partial charge in [0.05, 0.1) is 0 Å². The second kappa shape index (κ2) is 3.58. The van der Waals surface area contributed by atoms with E-state index < -0.39 is 20.5 Å². The highest BCUT2D eigenvalue weighted by Gasteiger charge is 2.45. The first-order chi connectivity index (χ1) is 8.18. The second-order valence-corrected chi connectivity index (χ2v) is 7.03. The quantitative estimate of drug-likeness (QED) is 0.829. The Morgan fingerprint density at radius 2 is 2.00 bits per heavy atom. The topological polar surface area (TPSA) is 86.5 Å². The molecule has 1 amide bonds. The van der Waals surface area contributed by atoms with E-state index in [-0.39, 0.29) is 22.0 Å². The molecule has 0 spiro atoms. The summed E-state index contributed by atoms with van der Waals surface area (Å²) in [6.07, 6.45) is 0. The zero-order chi connectivity index (χ0) is 13.7. The standard InChI is InChI=1S/C12H13NO4S/c1-7-12(2,3)18(15,16)10-6-8(11(13)14)4-5-9(10)17-7/h4-6H,1H2,2-3H3,(H2,13,14). The highest BCUT2D eigenvalue weighted by atomic mass is 32.2. The van der Waals surface area contributed by atoms with Gasteiger partial charge in [-0.25, -0.2) is 8.42 Å². The molecule has 96 valence electrons. The van der Waals surface area contributed by atoms with Crippen molar-refractivity contribution in [2.75, 3.05) is 0 Å². The highest BCUT2D eigenvalue weighted by molar-refractivity contribution is 7.93. The number of rotatable bonds is 1. The molecule has 0 unspecified atom stereocenters. The number of carbonyl (C=O) groups excluding carboxylic acids is 1. The molecular weight excluding hydrogens is 254 g/mol. The van der Waals surface area contributed by atoms with Crippen LogP contribution >= 0.6 is 0 Å². The minimum Gasteiger partial charge on any atom is -0.459 e. The van der Waals surface area contributed by atoms with Gasteiger partial charge in [-0.15, -0.1) is 0 Å². The van der Waals surface area contributed by atoms with Crippen molar-refractivity contribution in [3.8, 4) is 5.75 Å². The van der Waals surface area contributed by atoms with Crippen LogP contribution in [0.4, 0.5) is 0 Å². The number of ether oxygens (including phenoxy) is 1. The third kappa shape index (κ3) is 1.53. The molecule has 0 saturated heterocycles. The molecule has 1 aliphatic heterocycles. The van der Waals surface area contributed by atoms with E-state index in [1.165, 1.54) is 32.0 Å². The predicted molar refractivity (Wildman–Crippen MR) is 66.0 cm³/mol. The summed E-state index contributed by atoms with van der Waals surface area (Å²) in [6, 6.07) is 4.07. The lowest BCUT2D eigenvalue weighted by Gasteiger charge is -2.32. The van der Waals surface area contributed by atoms with Crippen molar-refractivity contribution in [1.29, 1.82) is 0 Å². The second-order valence-electron chi connectivity index (χ2n) is 4.56. The molecule has 18 heavy (non-hydrogen) atoms. The summed E-state index contributed by atoms with van der Waals surface area (Å²) < 4.78 is 29.0. The maximum Gasteiger partial charge on any atom is 0.248 e. The fourth-order valence-electron chi connectivity index (χ4n) is 1.64. The number of hydrogen-bond donors (Lipinski definition) is 1. The molecule has 6 heteroatoms. The third-order valence-corrected chi connectivity index (χ3v) is 5.56. The van der Waals surface area contributed by atoms with Crippen molar-refractivity contribution in [3.05, 3.63) is 36.1 Å². The molecule has 1 aromatic carbocycles. The van der Waals surface area contributed by atoms with Crippen LogP contribution in [0.5, 0.6) is 5.75 Å². The van der Waals surface area contributed by atoms with E-state index >= 15 is 0 Å². The Kier molecular flexibility index (Phi) is 2.52. The Morgan fingerprint density at radius 1 is 1.39 bits per heavy atom. The summed E-state index contributed by atoms with van der Waals surface area (Å²) in [4.78, 5) is 11.1. The smallest absolute Gasteiger partial charge is 0.248 e. The van der Waals surface area contributed by atoms with E-state index in [4.69, 9.17) is 10.5 Å². The van der Waals surface area contributed by atoms with Gasteiger partial charge in [0.1, 0.15) is 21.2 Å². The van der Waals surface area contributed by atoms with Gasteiger partial charge in [-0.05, 0) is 32.0 Å². The Morgan fingerprint density at radius 3 is 2.56 bits per heavy atom. The SMILES string of the molecule is C=C1Oc2ccc(C(N)=O)cc2S(=O)(=O)C1(C)C. The molecule has 0 bridgehead atoms. The number of carbonyl (C=O) groups is 1. The zero-order valence-electron chi connectivity index (χ0n) is 10.1. The first-order valence-electron chi connectivity index (χ1n) is 5.23. The number of primary amides is 1. The fourth-order valence-corrected chi connectivity index (χ4v) is 3.18. The van der Waals surface area contributed by atoms with Crippen LogP contribution in [0.3, 0.4) is 0 Å². The maximum atomic E-state index is 12.4. The van der Waals surface area contributed by atoms with Gasteiger partial charge in [-0.3, -0.25) is 4.79 Å². The van der Waals surface area contributed by atoms with E-state index in [9.17, 15) is 13.2 Å². The van der Waals surface area contributed by atoms with E-state index in [0.717, 1.165) is 0 Å². The van der Waals surface area contributed by atoms with Crippen molar-refractivity contribution in [1.82, 2.24) is 0 Å². The molecular formula is C12H13NO4S. The Labute approximate surface area is 105 Å². The predicted octanol–water partition coefficient (Wildman–Crippen LogP) is 1.24. The number of fused-ring (bicyclic) bond motifs is 1. The van der Waals surface area contributed by atoms with Gasteiger partial charge in [0.25, 0.3) is 0 Å². The average Bonchev–Trinajstić information content (AvgIpc) is 2.27. The largest absolute Gasteiger partial charge is 0.459 e. The molecule has 5 nitrogen and oxygen atoms in total. The number of amides is 1. The fraction of sp³-hybridized carbons (Fsp3) is 0.250. The molecule has 2 N–H and O–H groups in total. The van der Waals surface area contributed by atoms with Crippen molar-refractivity contribution >= 4 is 15.7 Å².